The number of benzene rings is 1. The fourth-order valence-electron chi connectivity index (χ4n) is 1.14. The molecule has 68 valence electrons. The normalized spacial score (nSPS) is 9.71. The predicted molar refractivity (Wildman–Crippen MR) is 53.3 cm³/mol. The molecule has 0 atom stereocenters. The maximum atomic E-state index is 8.48. The summed E-state index contributed by atoms with van der Waals surface area (Å²) in [7, 11) is 0. The molecule has 0 saturated carbocycles. The zero-order chi connectivity index (χ0) is 9.97. The van der Waals surface area contributed by atoms with Crippen LogP contribution in [0, 0.1) is 5.39 Å². The Morgan fingerprint density at radius 3 is 2.71 bits per heavy atom. The van der Waals surface area contributed by atoms with Crippen LogP contribution in [0.1, 0.15) is 0 Å². The van der Waals surface area contributed by atoms with E-state index in [2.05, 4.69) is 10.1 Å². The van der Waals surface area contributed by atoms with E-state index in [4.69, 9.17) is 17.0 Å². The minimum absolute atomic E-state index is 0.255. The Bertz CT molecular complexity index is 498. The molecule has 0 fully saturated rings. The van der Waals surface area contributed by atoms with E-state index in [1.165, 1.54) is 0 Å². The first kappa shape index (κ1) is 8.73. The van der Waals surface area contributed by atoms with E-state index >= 15 is 0 Å². The summed E-state index contributed by atoms with van der Waals surface area (Å²) in [6.07, 6.45) is 1.68. The summed E-state index contributed by atoms with van der Waals surface area (Å²) < 4.78 is 1.55. The number of hydrogen-bond donors (Lipinski definition) is 0. The predicted octanol–water partition coefficient (Wildman–Crippen LogP) is 3.01. The fraction of sp³-hybridized carbons (Fsp3) is 0. The lowest BCUT2D eigenvalue weighted by molar-refractivity contribution is 0.887. The molecule has 14 heavy (non-hydrogen) atoms. The van der Waals surface area contributed by atoms with Crippen LogP contribution in [0.15, 0.2) is 36.5 Å². The third-order valence-corrected chi connectivity index (χ3v) is 2.10. The van der Waals surface area contributed by atoms with Gasteiger partial charge in [-0.05, 0) is 12.1 Å². The van der Waals surface area contributed by atoms with E-state index in [0.717, 1.165) is 5.69 Å². The summed E-state index contributed by atoms with van der Waals surface area (Å²) in [5.41, 5.74) is 0.754. The highest BCUT2D eigenvalue weighted by Crippen LogP contribution is 2.20. The van der Waals surface area contributed by atoms with E-state index < -0.39 is 0 Å². The van der Waals surface area contributed by atoms with Crippen LogP contribution in [0.2, 0.25) is 5.02 Å². The number of para-hydroxylation sites is 1. The number of nitrogens with zero attached hydrogens (tertiary/aromatic N) is 4. The summed E-state index contributed by atoms with van der Waals surface area (Å²) in [6, 6.07) is 8.89. The summed E-state index contributed by atoms with van der Waals surface area (Å²) in [4.78, 5) is 2.97. The van der Waals surface area contributed by atoms with Gasteiger partial charge in [0.05, 0.1) is 27.8 Å². The third kappa shape index (κ3) is 1.45. The second kappa shape index (κ2) is 3.48. The maximum Gasteiger partial charge on any atom is 0.488 e. The van der Waals surface area contributed by atoms with E-state index in [0.29, 0.717) is 5.02 Å². The molecular weight excluding hydrogens is 200 g/mol. The average Bonchev–Trinajstić information content (AvgIpc) is 2.67. The highest BCUT2D eigenvalue weighted by molar-refractivity contribution is 6.32. The highest BCUT2D eigenvalue weighted by Gasteiger charge is 2.12. The maximum absolute atomic E-state index is 8.48. The molecule has 0 aliphatic heterocycles. The van der Waals surface area contributed by atoms with Crippen molar-refractivity contribution in [1.82, 2.24) is 9.78 Å². The molecule has 2 rings (SSSR count). The Labute approximate surface area is 85.4 Å². The molecule has 0 bridgehead atoms. The van der Waals surface area contributed by atoms with Crippen LogP contribution in [-0.4, -0.2) is 9.78 Å². The van der Waals surface area contributed by atoms with Crippen molar-refractivity contribution in [1.29, 1.82) is 5.39 Å². The van der Waals surface area contributed by atoms with Crippen LogP contribution in [-0.2, 0) is 0 Å². The number of hydrogen-bond acceptors (Lipinski definition) is 2. The third-order valence-electron chi connectivity index (χ3n) is 1.78. The smallest absolute Gasteiger partial charge is 0.145 e. The molecule has 4 nitrogen and oxygen atoms in total. The van der Waals surface area contributed by atoms with Crippen LogP contribution < -0.4 is 0 Å². The van der Waals surface area contributed by atoms with Crippen LogP contribution in [0.25, 0.3) is 10.7 Å². The SMILES string of the molecule is N#[N+]c1ccn(-c2ccccc2Cl)n1. The zero-order valence-electron chi connectivity index (χ0n) is 7.13. The molecule has 1 aromatic carbocycles. The van der Waals surface area contributed by atoms with Gasteiger partial charge in [-0.1, -0.05) is 23.7 Å². The Morgan fingerprint density at radius 1 is 1.29 bits per heavy atom. The van der Waals surface area contributed by atoms with Gasteiger partial charge in [0, 0.05) is 4.98 Å². The van der Waals surface area contributed by atoms with Crippen molar-refractivity contribution in [3.05, 3.63) is 46.5 Å². The Balaban J connectivity index is 2.51. The number of halogens is 1. The standard InChI is InChI=1S/C9H6ClN4/c10-7-3-1-2-4-8(7)14-6-5-9(12-11)13-14/h1-6H/q+1. The number of rotatable bonds is 1. The summed E-state index contributed by atoms with van der Waals surface area (Å²) in [5, 5.41) is 13.1. The molecule has 0 radical (unpaired) electrons. The lowest BCUT2D eigenvalue weighted by Gasteiger charge is -1.97. The van der Waals surface area contributed by atoms with Crippen LogP contribution in [0.4, 0.5) is 5.82 Å². The van der Waals surface area contributed by atoms with Crippen LogP contribution in [0.5, 0.6) is 0 Å². The van der Waals surface area contributed by atoms with Crippen molar-refractivity contribution in [2.45, 2.75) is 0 Å². The minimum Gasteiger partial charge on any atom is -0.145 e. The molecule has 0 N–H and O–H groups in total. The van der Waals surface area contributed by atoms with Crippen molar-refractivity contribution in [3.8, 4) is 5.69 Å². The molecule has 1 heterocycles. The van der Waals surface area contributed by atoms with Crippen LogP contribution >= 0.6 is 11.6 Å². The lowest BCUT2D eigenvalue weighted by atomic mass is 10.3. The minimum atomic E-state index is 0.255. The molecule has 2 aromatic rings. The van der Waals surface area contributed by atoms with Gasteiger partial charge in [0.25, 0.3) is 0 Å². The first-order chi connectivity index (χ1) is 6.81. The Kier molecular flexibility index (Phi) is 2.17. The van der Waals surface area contributed by atoms with Gasteiger partial charge in [-0.2, -0.15) is 0 Å². The van der Waals surface area contributed by atoms with Gasteiger partial charge in [0.2, 0.25) is 0 Å². The summed E-state index contributed by atoms with van der Waals surface area (Å²) >= 11 is 5.96. The second-order valence-corrected chi connectivity index (χ2v) is 3.08. The molecule has 0 saturated heterocycles. The number of aromatic nitrogens is 2. The van der Waals surface area contributed by atoms with Gasteiger partial charge in [0.1, 0.15) is 5.69 Å². The number of diazo groups is 1. The molecule has 5 heteroatoms. The fourth-order valence-corrected chi connectivity index (χ4v) is 1.36. The van der Waals surface area contributed by atoms with Gasteiger partial charge < -0.3 is 0 Å². The van der Waals surface area contributed by atoms with E-state index in [-0.39, 0.29) is 5.82 Å². The van der Waals surface area contributed by atoms with Crippen molar-refractivity contribution in [2.24, 2.45) is 0 Å². The van der Waals surface area contributed by atoms with Crippen molar-refractivity contribution < 1.29 is 0 Å². The second-order valence-electron chi connectivity index (χ2n) is 2.67. The topological polar surface area (TPSA) is 46.0 Å². The van der Waals surface area contributed by atoms with Gasteiger partial charge in [-0.3, -0.25) is 0 Å². The first-order valence-corrected chi connectivity index (χ1v) is 4.35. The van der Waals surface area contributed by atoms with E-state index in [1.807, 2.05) is 18.2 Å². The van der Waals surface area contributed by atoms with Gasteiger partial charge in [0.15, 0.2) is 0 Å². The molecule has 0 unspecified atom stereocenters. The quantitative estimate of drug-likeness (QED) is 0.672. The summed E-state index contributed by atoms with van der Waals surface area (Å²) in [5.74, 6) is 0.255. The molecular formula is C9H6ClN4+. The van der Waals surface area contributed by atoms with E-state index in [1.54, 1.807) is 23.0 Å². The monoisotopic (exact) mass is 205 g/mol. The Hall–Kier alpha value is -1.86. The van der Waals surface area contributed by atoms with Gasteiger partial charge >= 0.3 is 5.82 Å². The van der Waals surface area contributed by atoms with Crippen molar-refractivity contribution >= 4 is 17.4 Å². The lowest BCUT2D eigenvalue weighted by Crippen LogP contribution is -1.94. The first-order valence-electron chi connectivity index (χ1n) is 3.97. The molecule has 0 aliphatic carbocycles. The molecule has 1 aromatic heterocycles. The van der Waals surface area contributed by atoms with Crippen LogP contribution in [0.3, 0.4) is 0 Å². The highest BCUT2D eigenvalue weighted by atomic mass is 35.5. The van der Waals surface area contributed by atoms with Crippen molar-refractivity contribution in [2.75, 3.05) is 0 Å². The van der Waals surface area contributed by atoms with Gasteiger partial charge in [-0.25, -0.2) is 0 Å². The molecule has 0 aliphatic rings. The largest absolute Gasteiger partial charge is 0.488 e. The Morgan fingerprint density at radius 2 is 2.07 bits per heavy atom. The van der Waals surface area contributed by atoms with Gasteiger partial charge in [-0.15, -0.1) is 4.68 Å². The van der Waals surface area contributed by atoms with Crippen molar-refractivity contribution in [3.63, 3.8) is 0 Å². The molecule has 0 amide bonds. The van der Waals surface area contributed by atoms with E-state index in [9.17, 15) is 0 Å². The zero-order valence-corrected chi connectivity index (χ0v) is 7.89. The average molecular weight is 206 g/mol. The summed E-state index contributed by atoms with van der Waals surface area (Å²) in [6.45, 7) is 0. The molecule has 0 spiro atoms.